The predicted molar refractivity (Wildman–Crippen MR) is 96.2 cm³/mol. The minimum absolute atomic E-state index is 0.0165. The predicted octanol–water partition coefficient (Wildman–Crippen LogP) is 3.66. The molecular formula is C17H16ClFN2O3S. The summed E-state index contributed by atoms with van der Waals surface area (Å²) >= 11 is 5.92. The normalized spacial score (nSPS) is 14.2. The first-order valence-electron chi connectivity index (χ1n) is 7.63. The van der Waals surface area contributed by atoms with E-state index in [0.717, 1.165) is 25.2 Å². The van der Waals surface area contributed by atoms with Crippen LogP contribution in [-0.4, -0.2) is 26.6 Å². The topological polar surface area (TPSA) is 66.5 Å². The number of carbonyl (C=O) groups excluding carboxylic acids is 1. The van der Waals surface area contributed by atoms with Gasteiger partial charge in [-0.1, -0.05) is 29.8 Å². The molecule has 132 valence electrons. The molecule has 1 aliphatic rings. The Bertz CT molecular complexity index is 909. The molecule has 2 aromatic rings. The van der Waals surface area contributed by atoms with Crippen LogP contribution in [0.3, 0.4) is 0 Å². The fraction of sp³-hybridized carbons (Fsp3) is 0.235. The second kappa shape index (κ2) is 6.65. The van der Waals surface area contributed by atoms with E-state index < -0.39 is 21.7 Å². The lowest BCUT2D eigenvalue weighted by Crippen LogP contribution is -2.33. The third kappa shape index (κ3) is 3.77. The Balaban J connectivity index is 1.98. The Morgan fingerprint density at radius 3 is 2.48 bits per heavy atom. The van der Waals surface area contributed by atoms with Gasteiger partial charge < -0.3 is 5.32 Å². The van der Waals surface area contributed by atoms with Crippen LogP contribution in [-0.2, 0) is 10.0 Å². The number of carbonyl (C=O) groups is 1. The summed E-state index contributed by atoms with van der Waals surface area (Å²) in [5, 5.41) is 2.56. The molecule has 0 spiro atoms. The van der Waals surface area contributed by atoms with Gasteiger partial charge in [0.2, 0.25) is 10.0 Å². The molecule has 1 fully saturated rings. The van der Waals surface area contributed by atoms with Crippen LogP contribution in [0.15, 0.2) is 42.5 Å². The number of sulfonamides is 1. The van der Waals surface area contributed by atoms with Crippen LogP contribution in [0.25, 0.3) is 0 Å². The van der Waals surface area contributed by atoms with Crippen molar-refractivity contribution in [2.45, 2.75) is 18.9 Å². The minimum atomic E-state index is -3.51. The van der Waals surface area contributed by atoms with E-state index in [0.29, 0.717) is 5.69 Å². The number of hydrogen-bond acceptors (Lipinski definition) is 3. The average Bonchev–Trinajstić information content (AvgIpc) is 3.32. The fourth-order valence-corrected chi connectivity index (χ4v) is 4.14. The highest BCUT2D eigenvalue weighted by atomic mass is 35.5. The van der Waals surface area contributed by atoms with Crippen molar-refractivity contribution in [2.24, 2.45) is 0 Å². The lowest BCUT2D eigenvalue weighted by Gasteiger charge is -2.24. The van der Waals surface area contributed by atoms with Gasteiger partial charge in [-0.05, 0) is 37.1 Å². The molecule has 3 rings (SSSR count). The van der Waals surface area contributed by atoms with E-state index in [1.54, 1.807) is 24.3 Å². The second-order valence-electron chi connectivity index (χ2n) is 5.86. The number of hydrogen-bond donors (Lipinski definition) is 1. The van der Waals surface area contributed by atoms with Crippen molar-refractivity contribution in [3.8, 4) is 0 Å². The molecule has 2 aromatic carbocycles. The molecule has 5 nitrogen and oxygen atoms in total. The van der Waals surface area contributed by atoms with Crippen LogP contribution in [0.2, 0.25) is 5.02 Å². The highest BCUT2D eigenvalue weighted by Crippen LogP contribution is 2.38. The molecule has 0 unspecified atom stereocenters. The number of halogens is 2. The molecule has 1 saturated carbocycles. The van der Waals surface area contributed by atoms with E-state index in [1.807, 2.05) is 0 Å². The van der Waals surface area contributed by atoms with Crippen molar-refractivity contribution < 1.29 is 17.6 Å². The van der Waals surface area contributed by atoms with Crippen molar-refractivity contribution in [3.05, 3.63) is 58.9 Å². The SMILES string of the molecule is CS(=O)(=O)N(c1ccccc1NC(=O)c1c(F)cccc1Cl)C1CC1. The van der Waals surface area contributed by atoms with Crippen LogP contribution < -0.4 is 9.62 Å². The van der Waals surface area contributed by atoms with Gasteiger partial charge in [-0.15, -0.1) is 0 Å². The Labute approximate surface area is 150 Å². The molecule has 0 aliphatic heterocycles. The highest BCUT2D eigenvalue weighted by Gasteiger charge is 2.36. The van der Waals surface area contributed by atoms with E-state index >= 15 is 0 Å². The first kappa shape index (κ1) is 17.7. The maximum absolute atomic E-state index is 13.9. The third-order valence-electron chi connectivity index (χ3n) is 3.82. The number of amides is 1. The standard InChI is InChI=1S/C17H16ClFN2O3S/c1-25(23,24)21(11-9-10-11)15-8-3-2-7-14(15)20-17(22)16-12(18)5-4-6-13(16)19/h2-8,11H,9-10H2,1H3,(H,20,22). The molecule has 8 heteroatoms. The lowest BCUT2D eigenvalue weighted by molar-refractivity contribution is 0.102. The second-order valence-corrected chi connectivity index (χ2v) is 8.12. The highest BCUT2D eigenvalue weighted by molar-refractivity contribution is 7.92. The van der Waals surface area contributed by atoms with E-state index in [1.165, 1.54) is 16.4 Å². The number of nitrogens with one attached hydrogen (secondary N) is 1. The van der Waals surface area contributed by atoms with Gasteiger partial charge in [0.05, 0.1) is 28.2 Å². The largest absolute Gasteiger partial charge is 0.320 e. The van der Waals surface area contributed by atoms with Crippen LogP contribution >= 0.6 is 11.6 Å². The smallest absolute Gasteiger partial charge is 0.260 e. The van der Waals surface area contributed by atoms with Gasteiger partial charge in [-0.2, -0.15) is 0 Å². The van der Waals surface area contributed by atoms with Gasteiger partial charge in [0.15, 0.2) is 0 Å². The van der Waals surface area contributed by atoms with Gasteiger partial charge in [0, 0.05) is 6.04 Å². The number of para-hydroxylation sites is 2. The Hall–Kier alpha value is -2.12. The van der Waals surface area contributed by atoms with Gasteiger partial charge in [0.1, 0.15) is 5.82 Å². The van der Waals surface area contributed by atoms with Crippen LogP contribution in [0.4, 0.5) is 15.8 Å². The minimum Gasteiger partial charge on any atom is -0.320 e. The zero-order valence-corrected chi connectivity index (χ0v) is 14.9. The van der Waals surface area contributed by atoms with Gasteiger partial charge in [-0.25, -0.2) is 12.8 Å². The molecule has 25 heavy (non-hydrogen) atoms. The maximum Gasteiger partial charge on any atom is 0.260 e. The zero-order valence-electron chi connectivity index (χ0n) is 13.4. The molecular weight excluding hydrogens is 367 g/mol. The van der Waals surface area contributed by atoms with Crippen molar-refractivity contribution in [1.29, 1.82) is 0 Å². The monoisotopic (exact) mass is 382 g/mol. The Kier molecular flexibility index (Phi) is 4.71. The number of nitrogens with zero attached hydrogens (tertiary/aromatic N) is 1. The van der Waals surface area contributed by atoms with Crippen molar-refractivity contribution in [1.82, 2.24) is 0 Å². The lowest BCUT2D eigenvalue weighted by atomic mass is 10.2. The molecule has 0 bridgehead atoms. The summed E-state index contributed by atoms with van der Waals surface area (Å²) in [6.07, 6.45) is 2.64. The first-order chi connectivity index (χ1) is 11.8. The number of anilines is 2. The van der Waals surface area contributed by atoms with Crippen molar-refractivity contribution in [2.75, 3.05) is 15.9 Å². The first-order valence-corrected chi connectivity index (χ1v) is 9.85. The molecule has 0 radical (unpaired) electrons. The van der Waals surface area contributed by atoms with E-state index in [4.69, 9.17) is 11.6 Å². The molecule has 0 atom stereocenters. The molecule has 1 N–H and O–H groups in total. The number of benzene rings is 2. The van der Waals surface area contributed by atoms with Crippen LogP contribution in [0.1, 0.15) is 23.2 Å². The summed E-state index contributed by atoms with van der Waals surface area (Å²) in [6.45, 7) is 0. The summed E-state index contributed by atoms with van der Waals surface area (Å²) in [4.78, 5) is 12.5. The summed E-state index contributed by atoms with van der Waals surface area (Å²) < 4.78 is 39.6. The third-order valence-corrected chi connectivity index (χ3v) is 5.34. The van der Waals surface area contributed by atoms with Crippen LogP contribution in [0.5, 0.6) is 0 Å². The quantitative estimate of drug-likeness (QED) is 0.858. The fourth-order valence-electron chi connectivity index (χ4n) is 2.63. The van der Waals surface area contributed by atoms with E-state index in [9.17, 15) is 17.6 Å². The summed E-state index contributed by atoms with van der Waals surface area (Å²) in [7, 11) is -3.51. The number of rotatable bonds is 5. The summed E-state index contributed by atoms with van der Waals surface area (Å²) in [5.41, 5.74) is 0.355. The van der Waals surface area contributed by atoms with Crippen molar-refractivity contribution >= 4 is 38.9 Å². The average molecular weight is 383 g/mol. The summed E-state index contributed by atoms with van der Waals surface area (Å²) in [5.74, 6) is -1.48. The molecule has 0 heterocycles. The van der Waals surface area contributed by atoms with Gasteiger partial charge in [-0.3, -0.25) is 9.10 Å². The Morgan fingerprint density at radius 2 is 1.88 bits per heavy atom. The van der Waals surface area contributed by atoms with E-state index in [2.05, 4.69) is 5.32 Å². The van der Waals surface area contributed by atoms with Crippen molar-refractivity contribution in [3.63, 3.8) is 0 Å². The Morgan fingerprint density at radius 1 is 1.20 bits per heavy atom. The van der Waals surface area contributed by atoms with E-state index in [-0.39, 0.29) is 22.3 Å². The zero-order chi connectivity index (χ0) is 18.2. The summed E-state index contributed by atoms with van der Waals surface area (Å²) in [6, 6.07) is 10.4. The molecule has 1 amide bonds. The van der Waals surface area contributed by atoms with Gasteiger partial charge in [0.25, 0.3) is 5.91 Å². The molecule has 0 aromatic heterocycles. The molecule has 1 aliphatic carbocycles. The van der Waals surface area contributed by atoms with Gasteiger partial charge >= 0.3 is 0 Å². The molecule has 0 saturated heterocycles. The maximum atomic E-state index is 13.9. The van der Waals surface area contributed by atoms with Crippen LogP contribution in [0, 0.1) is 5.82 Å².